The van der Waals surface area contributed by atoms with Crippen molar-refractivity contribution < 1.29 is 0 Å². The molecule has 0 amide bonds. The van der Waals surface area contributed by atoms with Crippen LogP contribution < -0.4 is 5.73 Å². The lowest BCUT2D eigenvalue weighted by atomic mass is 10.0. The lowest BCUT2D eigenvalue weighted by Gasteiger charge is -2.25. The van der Waals surface area contributed by atoms with Crippen molar-refractivity contribution in [3.63, 3.8) is 0 Å². The lowest BCUT2D eigenvalue weighted by Crippen LogP contribution is -2.31. The Hall–Kier alpha value is -0.380. The molecule has 2 unspecified atom stereocenters. The van der Waals surface area contributed by atoms with Gasteiger partial charge in [0.1, 0.15) is 0 Å². The van der Waals surface area contributed by atoms with Gasteiger partial charge in [0.05, 0.1) is 0 Å². The maximum absolute atomic E-state index is 6.28. The molecule has 2 atom stereocenters. The minimum Gasteiger partial charge on any atom is -0.324 e. The summed E-state index contributed by atoms with van der Waals surface area (Å²) < 4.78 is 1.10. The van der Waals surface area contributed by atoms with Gasteiger partial charge in [0, 0.05) is 17.1 Å². The van der Waals surface area contributed by atoms with E-state index in [1.165, 1.54) is 18.5 Å². The molecule has 1 rings (SSSR count). The molecule has 3 heteroatoms. The maximum atomic E-state index is 6.28. The zero-order valence-corrected chi connectivity index (χ0v) is 14.0. The second kappa shape index (κ2) is 8.72. The van der Waals surface area contributed by atoms with Gasteiger partial charge in [-0.15, -0.1) is 0 Å². The molecule has 2 nitrogen and oxygen atoms in total. The van der Waals surface area contributed by atoms with Crippen LogP contribution in [0.4, 0.5) is 0 Å². The molecule has 0 heterocycles. The lowest BCUT2D eigenvalue weighted by molar-refractivity contribution is 0.237. The van der Waals surface area contributed by atoms with Crippen LogP contribution in [0.1, 0.15) is 45.2 Å². The van der Waals surface area contributed by atoms with Crippen molar-refractivity contribution in [1.82, 2.24) is 4.90 Å². The second-order valence-corrected chi connectivity index (χ2v) is 6.27. The monoisotopic (exact) mass is 326 g/mol. The predicted octanol–water partition coefficient (Wildman–Crippen LogP) is 4.21. The number of rotatable bonds is 8. The highest BCUT2D eigenvalue weighted by molar-refractivity contribution is 9.10. The highest BCUT2D eigenvalue weighted by Gasteiger charge is 2.11. The van der Waals surface area contributed by atoms with Crippen LogP contribution >= 0.6 is 15.9 Å². The zero-order valence-electron chi connectivity index (χ0n) is 12.4. The number of hydrogen-bond acceptors (Lipinski definition) is 2. The minimum atomic E-state index is 0.128. The summed E-state index contributed by atoms with van der Waals surface area (Å²) in [6.07, 6.45) is 2.26. The first-order valence-corrected chi connectivity index (χ1v) is 8.09. The molecule has 0 bridgehead atoms. The molecule has 0 fully saturated rings. The van der Waals surface area contributed by atoms with Crippen molar-refractivity contribution in [2.75, 3.05) is 19.6 Å². The average molecular weight is 327 g/mol. The summed E-state index contributed by atoms with van der Waals surface area (Å²) in [4.78, 5) is 2.51. The van der Waals surface area contributed by atoms with Crippen molar-refractivity contribution in [1.29, 1.82) is 0 Å². The highest BCUT2D eigenvalue weighted by Crippen LogP contribution is 2.19. The van der Waals surface area contributed by atoms with E-state index in [2.05, 4.69) is 59.8 Å². The first kappa shape index (κ1) is 16.7. The topological polar surface area (TPSA) is 29.3 Å². The SMILES string of the molecule is CCC(C)CN(CC)CCC(N)c1cccc(Br)c1. The third kappa shape index (κ3) is 6.07. The largest absolute Gasteiger partial charge is 0.324 e. The normalized spacial score (nSPS) is 14.6. The van der Waals surface area contributed by atoms with Crippen molar-refractivity contribution in [2.24, 2.45) is 11.7 Å². The predicted molar refractivity (Wildman–Crippen MR) is 87.3 cm³/mol. The van der Waals surface area contributed by atoms with Crippen LogP contribution in [-0.2, 0) is 0 Å². The fraction of sp³-hybridized carbons (Fsp3) is 0.625. The van der Waals surface area contributed by atoms with E-state index >= 15 is 0 Å². The summed E-state index contributed by atoms with van der Waals surface area (Å²) in [5, 5.41) is 0. The molecule has 0 aromatic heterocycles. The van der Waals surface area contributed by atoms with E-state index in [1.54, 1.807) is 0 Å². The first-order chi connectivity index (χ1) is 9.06. The van der Waals surface area contributed by atoms with Gasteiger partial charge in [-0.25, -0.2) is 0 Å². The van der Waals surface area contributed by atoms with Gasteiger partial charge in [-0.05, 0) is 43.1 Å². The van der Waals surface area contributed by atoms with Crippen molar-refractivity contribution in [3.05, 3.63) is 34.3 Å². The van der Waals surface area contributed by atoms with Crippen LogP contribution in [0, 0.1) is 5.92 Å². The number of halogens is 1. The molecule has 0 aliphatic rings. The average Bonchev–Trinajstić information content (AvgIpc) is 2.42. The molecule has 1 aromatic carbocycles. The van der Waals surface area contributed by atoms with Crippen molar-refractivity contribution in [2.45, 2.75) is 39.7 Å². The Labute approximate surface area is 126 Å². The van der Waals surface area contributed by atoms with E-state index in [0.717, 1.165) is 29.9 Å². The van der Waals surface area contributed by atoms with Crippen LogP contribution in [0.5, 0.6) is 0 Å². The third-order valence-corrected chi connectivity index (χ3v) is 4.24. The van der Waals surface area contributed by atoms with E-state index in [9.17, 15) is 0 Å². The van der Waals surface area contributed by atoms with Gasteiger partial charge < -0.3 is 10.6 Å². The Morgan fingerprint density at radius 2 is 2.05 bits per heavy atom. The molecule has 0 saturated heterocycles. The van der Waals surface area contributed by atoms with Gasteiger partial charge >= 0.3 is 0 Å². The molecule has 19 heavy (non-hydrogen) atoms. The van der Waals surface area contributed by atoms with E-state index in [4.69, 9.17) is 5.73 Å². The van der Waals surface area contributed by atoms with Gasteiger partial charge in [-0.1, -0.05) is 55.3 Å². The van der Waals surface area contributed by atoms with Crippen molar-refractivity contribution >= 4 is 15.9 Å². The van der Waals surface area contributed by atoms with Gasteiger partial charge in [0.15, 0.2) is 0 Å². The Kier molecular flexibility index (Phi) is 7.66. The third-order valence-electron chi connectivity index (χ3n) is 3.75. The van der Waals surface area contributed by atoms with Crippen LogP contribution in [-0.4, -0.2) is 24.5 Å². The highest BCUT2D eigenvalue weighted by atomic mass is 79.9. The zero-order chi connectivity index (χ0) is 14.3. The first-order valence-electron chi connectivity index (χ1n) is 7.30. The summed E-state index contributed by atoms with van der Waals surface area (Å²) >= 11 is 3.50. The summed E-state index contributed by atoms with van der Waals surface area (Å²) in [6.45, 7) is 10.2. The van der Waals surface area contributed by atoms with Crippen LogP contribution in [0.3, 0.4) is 0 Å². The van der Waals surface area contributed by atoms with E-state index < -0.39 is 0 Å². The fourth-order valence-electron chi connectivity index (χ4n) is 2.17. The second-order valence-electron chi connectivity index (χ2n) is 5.36. The molecular formula is C16H27BrN2. The van der Waals surface area contributed by atoms with Crippen LogP contribution in [0.25, 0.3) is 0 Å². The fourth-order valence-corrected chi connectivity index (χ4v) is 2.59. The Morgan fingerprint density at radius 1 is 1.32 bits per heavy atom. The van der Waals surface area contributed by atoms with Gasteiger partial charge in [-0.2, -0.15) is 0 Å². The van der Waals surface area contributed by atoms with Crippen LogP contribution in [0.15, 0.2) is 28.7 Å². The number of hydrogen-bond donors (Lipinski definition) is 1. The smallest absolute Gasteiger partial charge is 0.0307 e. The van der Waals surface area contributed by atoms with E-state index in [-0.39, 0.29) is 6.04 Å². The molecule has 0 saturated carbocycles. The Bertz CT molecular complexity index is 368. The molecule has 0 aliphatic carbocycles. The standard InChI is InChI=1S/C16H27BrN2/c1-4-13(3)12-19(5-2)10-9-16(18)14-7-6-8-15(17)11-14/h6-8,11,13,16H,4-5,9-10,12,18H2,1-3H3. The summed E-state index contributed by atoms with van der Waals surface area (Å²) in [5.41, 5.74) is 7.50. The van der Waals surface area contributed by atoms with E-state index in [1.807, 2.05) is 6.07 Å². The number of nitrogens with zero attached hydrogens (tertiary/aromatic N) is 1. The maximum Gasteiger partial charge on any atom is 0.0307 e. The molecule has 2 N–H and O–H groups in total. The van der Waals surface area contributed by atoms with Gasteiger partial charge in [0.2, 0.25) is 0 Å². The summed E-state index contributed by atoms with van der Waals surface area (Å²) in [6, 6.07) is 8.45. The molecule has 1 aromatic rings. The van der Waals surface area contributed by atoms with Gasteiger partial charge in [0.25, 0.3) is 0 Å². The molecule has 108 valence electrons. The van der Waals surface area contributed by atoms with Crippen molar-refractivity contribution in [3.8, 4) is 0 Å². The minimum absolute atomic E-state index is 0.128. The molecular weight excluding hydrogens is 300 g/mol. The molecule has 0 spiro atoms. The van der Waals surface area contributed by atoms with Gasteiger partial charge in [-0.3, -0.25) is 0 Å². The number of benzene rings is 1. The molecule has 0 radical (unpaired) electrons. The van der Waals surface area contributed by atoms with Crippen LogP contribution in [0.2, 0.25) is 0 Å². The quantitative estimate of drug-likeness (QED) is 0.775. The number of nitrogens with two attached hydrogens (primary N) is 1. The van der Waals surface area contributed by atoms with E-state index in [0.29, 0.717) is 0 Å². The molecule has 0 aliphatic heterocycles. The summed E-state index contributed by atoms with van der Waals surface area (Å²) in [7, 11) is 0. The summed E-state index contributed by atoms with van der Waals surface area (Å²) in [5.74, 6) is 0.766. The Morgan fingerprint density at radius 3 is 2.63 bits per heavy atom. The Balaban J connectivity index is 2.46.